The van der Waals surface area contributed by atoms with Crippen molar-refractivity contribution in [2.24, 2.45) is 14.1 Å². The zero-order valence-electron chi connectivity index (χ0n) is 14.1. The first kappa shape index (κ1) is 15.6. The molecule has 2 N–H and O–H groups in total. The van der Waals surface area contributed by atoms with E-state index in [1.54, 1.807) is 11.7 Å². The molecule has 1 fully saturated rings. The largest absolute Gasteiger partial charge is 0.383 e. The fraction of sp³-hybridized carbons (Fsp3) is 0.529. The predicted octanol–water partition coefficient (Wildman–Crippen LogP) is 2.41. The number of nitrogen functional groups attached to an aromatic ring is 1. The van der Waals surface area contributed by atoms with E-state index in [-0.39, 0.29) is 11.9 Å². The molecule has 6 nitrogen and oxygen atoms in total. The van der Waals surface area contributed by atoms with Crippen LogP contribution in [0, 0.1) is 6.92 Å². The van der Waals surface area contributed by atoms with Gasteiger partial charge in [-0.15, -0.1) is 0 Å². The number of nitrogens with two attached hydrogens (primary N) is 1. The fourth-order valence-corrected chi connectivity index (χ4v) is 3.56. The van der Waals surface area contributed by atoms with Gasteiger partial charge in [0.2, 0.25) is 0 Å². The summed E-state index contributed by atoms with van der Waals surface area (Å²) in [6.07, 6.45) is 6.36. The summed E-state index contributed by atoms with van der Waals surface area (Å²) in [5, 5.41) is 4.29. The van der Waals surface area contributed by atoms with Crippen molar-refractivity contribution >= 4 is 11.7 Å². The first-order valence-corrected chi connectivity index (χ1v) is 8.22. The summed E-state index contributed by atoms with van der Waals surface area (Å²) in [6, 6.07) is 4.24. The highest BCUT2D eigenvalue weighted by molar-refractivity contribution is 5.99. The van der Waals surface area contributed by atoms with E-state index >= 15 is 0 Å². The molecule has 0 aromatic carbocycles. The highest BCUT2D eigenvalue weighted by Gasteiger charge is 2.31. The minimum absolute atomic E-state index is 0.00111. The molecular formula is C17H25N5O. The smallest absolute Gasteiger partial charge is 0.260 e. The molecule has 2 aromatic rings. The van der Waals surface area contributed by atoms with E-state index in [0.29, 0.717) is 17.1 Å². The molecule has 1 saturated heterocycles. The van der Waals surface area contributed by atoms with Gasteiger partial charge in [-0.25, -0.2) is 0 Å². The van der Waals surface area contributed by atoms with Crippen molar-refractivity contribution in [3.8, 4) is 0 Å². The van der Waals surface area contributed by atoms with Gasteiger partial charge in [-0.1, -0.05) is 12.8 Å². The van der Waals surface area contributed by atoms with Gasteiger partial charge >= 0.3 is 0 Å². The topological polar surface area (TPSA) is 69.1 Å². The summed E-state index contributed by atoms with van der Waals surface area (Å²) in [5.41, 5.74) is 8.52. The summed E-state index contributed by atoms with van der Waals surface area (Å²) in [7, 11) is 3.81. The van der Waals surface area contributed by atoms with Gasteiger partial charge in [0, 0.05) is 32.5 Å². The Kier molecular flexibility index (Phi) is 4.15. The van der Waals surface area contributed by atoms with E-state index in [4.69, 9.17) is 5.73 Å². The lowest BCUT2D eigenvalue weighted by molar-refractivity contribution is 0.0675. The van der Waals surface area contributed by atoms with Gasteiger partial charge in [0.05, 0.1) is 11.7 Å². The van der Waals surface area contributed by atoms with Crippen molar-refractivity contribution in [3.63, 3.8) is 0 Å². The molecule has 124 valence electrons. The molecule has 0 saturated carbocycles. The molecule has 3 rings (SSSR count). The number of likely N-dealkylation sites (tertiary alicyclic amines) is 1. The van der Waals surface area contributed by atoms with Crippen LogP contribution in [0.25, 0.3) is 0 Å². The van der Waals surface area contributed by atoms with Gasteiger partial charge in [0.25, 0.3) is 5.91 Å². The third-order valence-electron chi connectivity index (χ3n) is 4.82. The van der Waals surface area contributed by atoms with E-state index in [9.17, 15) is 4.79 Å². The van der Waals surface area contributed by atoms with Crippen LogP contribution in [-0.2, 0) is 14.1 Å². The van der Waals surface area contributed by atoms with Gasteiger partial charge in [-0.2, -0.15) is 5.10 Å². The maximum atomic E-state index is 13.2. The lowest BCUT2D eigenvalue weighted by Crippen LogP contribution is -2.36. The second-order valence-electron chi connectivity index (χ2n) is 6.38. The number of carbonyl (C=O) groups is 1. The Hall–Kier alpha value is -2.24. The molecule has 0 radical (unpaired) electrons. The Labute approximate surface area is 136 Å². The molecule has 0 bridgehead atoms. The summed E-state index contributed by atoms with van der Waals surface area (Å²) in [4.78, 5) is 15.2. The SMILES string of the molecule is Cc1nn(C)c(N)c1C(=O)N1CCCCCC1c1cccn1C. The Morgan fingerprint density at radius 1 is 1.30 bits per heavy atom. The molecule has 0 aliphatic carbocycles. The Morgan fingerprint density at radius 3 is 2.70 bits per heavy atom. The summed E-state index contributed by atoms with van der Waals surface area (Å²) < 4.78 is 3.69. The number of anilines is 1. The minimum atomic E-state index is 0.00111. The van der Waals surface area contributed by atoms with Crippen LogP contribution in [0.4, 0.5) is 5.82 Å². The molecule has 1 unspecified atom stereocenters. The van der Waals surface area contributed by atoms with Crippen LogP contribution in [0.1, 0.15) is 53.5 Å². The van der Waals surface area contributed by atoms with Gasteiger partial charge < -0.3 is 15.2 Å². The van der Waals surface area contributed by atoms with E-state index in [2.05, 4.69) is 15.7 Å². The van der Waals surface area contributed by atoms with E-state index in [0.717, 1.165) is 32.2 Å². The maximum Gasteiger partial charge on any atom is 0.260 e. The Bertz CT molecular complexity index is 715. The summed E-state index contributed by atoms with van der Waals surface area (Å²) in [6.45, 7) is 2.61. The average Bonchev–Trinajstić information content (AvgIpc) is 2.93. The van der Waals surface area contributed by atoms with Gasteiger partial charge in [0.15, 0.2) is 0 Å². The zero-order valence-corrected chi connectivity index (χ0v) is 14.1. The van der Waals surface area contributed by atoms with E-state index in [1.165, 1.54) is 5.69 Å². The molecule has 1 aliphatic rings. The fourth-order valence-electron chi connectivity index (χ4n) is 3.56. The van der Waals surface area contributed by atoms with Gasteiger partial charge in [0.1, 0.15) is 11.4 Å². The number of hydrogen-bond donors (Lipinski definition) is 1. The van der Waals surface area contributed by atoms with Crippen molar-refractivity contribution in [1.29, 1.82) is 0 Å². The average molecular weight is 315 g/mol. The Morgan fingerprint density at radius 2 is 2.09 bits per heavy atom. The monoisotopic (exact) mass is 315 g/mol. The third kappa shape index (κ3) is 2.73. The number of aryl methyl sites for hydroxylation is 3. The highest BCUT2D eigenvalue weighted by Crippen LogP contribution is 2.32. The molecule has 2 aromatic heterocycles. The molecular weight excluding hydrogens is 290 g/mol. The minimum Gasteiger partial charge on any atom is -0.383 e. The lowest BCUT2D eigenvalue weighted by Gasteiger charge is -2.30. The number of amides is 1. The van der Waals surface area contributed by atoms with E-state index in [1.807, 2.05) is 31.1 Å². The van der Waals surface area contributed by atoms with Crippen LogP contribution in [0.15, 0.2) is 18.3 Å². The normalized spacial score (nSPS) is 18.9. The molecule has 1 atom stereocenters. The first-order chi connectivity index (χ1) is 11.0. The quantitative estimate of drug-likeness (QED) is 0.925. The molecule has 1 aliphatic heterocycles. The number of hydrogen-bond acceptors (Lipinski definition) is 3. The summed E-state index contributed by atoms with van der Waals surface area (Å²) in [5.74, 6) is 0.448. The van der Waals surface area contributed by atoms with Crippen molar-refractivity contribution in [1.82, 2.24) is 19.2 Å². The highest BCUT2D eigenvalue weighted by atomic mass is 16.2. The van der Waals surface area contributed by atoms with E-state index < -0.39 is 0 Å². The molecule has 0 spiro atoms. The van der Waals surface area contributed by atoms with Crippen LogP contribution < -0.4 is 5.73 Å². The molecule has 1 amide bonds. The third-order valence-corrected chi connectivity index (χ3v) is 4.82. The van der Waals surface area contributed by atoms with Crippen LogP contribution >= 0.6 is 0 Å². The zero-order chi connectivity index (χ0) is 16.6. The van der Waals surface area contributed by atoms with Gasteiger partial charge in [-0.05, 0) is 31.9 Å². The second-order valence-corrected chi connectivity index (χ2v) is 6.38. The van der Waals surface area contributed by atoms with Crippen LogP contribution in [-0.4, -0.2) is 31.7 Å². The molecule has 3 heterocycles. The second kappa shape index (κ2) is 6.10. The van der Waals surface area contributed by atoms with Crippen molar-refractivity contribution < 1.29 is 4.79 Å². The van der Waals surface area contributed by atoms with Crippen LogP contribution in [0.5, 0.6) is 0 Å². The van der Waals surface area contributed by atoms with Gasteiger partial charge in [-0.3, -0.25) is 9.48 Å². The maximum absolute atomic E-state index is 13.2. The Balaban J connectivity index is 2.00. The molecule has 23 heavy (non-hydrogen) atoms. The number of nitrogens with zero attached hydrogens (tertiary/aromatic N) is 4. The van der Waals surface area contributed by atoms with Crippen molar-refractivity contribution in [2.75, 3.05) is 12.3 Å². The van der Waals surface area contributed by atoms with Crippen LogP contribution in [0.3, 0.4) is 0 Å². The van der Waals surface area contributed by atoms with Crippen LogP contribution in [0.2, 0.25) is 0 Å². The first-order valence-electron chi connectivity index (χ1n) is 8.22. The standard InChI is InChI=1S/C17H25N5O/c1-12-15(16(18)21(3)19-12)17(23)22-11-6-4-5-8-14(22)13-9-7-10-20(13)2/h7,9-10,14H,4-6,8,11,18H2,1-3H3. The number of carbonyl (C=O) groups excluding carboxylic acids is 1. The van der Waals surface area contributed by atoms with Crippen molar-refractivity contribution in [3.05, 3.63) is 35.3 Å². The number of rotatable bonds is 2. The summed E-state index contributed by atoms with van der Waals surface area (Å²) >= 11 is 0. The predicted molar refractivity (Wildman–Crippen MR) is 90.0 cm³/mol. The molecule has 6 heteroatoms. The number of aromatic nitrogens is 3. The van der Waals surface area contributed by atoms with Crippen molar-refractivity contribution in [2.45, 2.75) is 38.6 Å². The lowest BCUT2D eigenvalue weighted by atomic mass is 10.1.